The van der Waals surface area contributed by atoms with E-state index in [0.717, 1.165) is 36.0 Å². The van der Waals surface area contributed by atoms with Gasteiger partial charge in [0.25, 0.3) is 0 Å². The van der Waals surface area contributed by atoms with Gasteiger partial charge in [0.05, 0.1) is 12.0 Å². The van der Waals surface area contributed by atoms with Gasteiger partial charge in [-0.25, -0.2) is 0 Å². The molecular formula is C18H28BrClN2O2. The third kappa shape index (κ3) is 5.19. The van der Waals surface area contributed by atoms with Gasteiger partial charge in [-0.05, 0) is 57.5 Å². The van der Waals surface area contributed by atoms with Crippen molar-refractivity contribution >= 4 is 34.2 Å². The van der Waals surface area contributed by atoms with E-state index in [9.17, 15) is 4.79 Å². The number of carbonyl (C=O) groups excluding carboxylic acids is 1. The molecule has 2 rings (SSSR count). The Bertz CT molecular complexity index is 523. The molecule has 4 nitrogen and oxygen atoms in total. The summed E-state index contributed by atoms with van der Waals surface area (Å²) in [7, 11) is 1.73. The molecular weight excluding hydrogens is 392 g/mol. The minimum Gasteiger partial charge on any atom is -0.384 e. The summed E-state index contributed by atoms with van der Waals surface area (Å²) in [4.78, 5) is 12.8. The van der Waals surface area contributed by atoms with E-state index in [2.05, 4.69) is 26.6 Å². The van der Waals surface area contributed by atoms with Crippen LogP contribution in [-0.4, -0.2) is 39.3 Å². The van der Waals surface area contributed by atoms with Crippen LogP contribution in [0.2, 0.25) is 0 Å². The molecule has 0 atom stereocenters. The molecule has 2 N–H and O–H groups in total. The highest BCUT2D eigenvalue weighted by Crippen LogP contribution is 2.30. The summed E-state index contributed by atoms with van der Waals surface area (Å²) in [6.45, 7) is 7.26. The molecule has 1 aromatic carbocycles. The second-order valence-corrected chi connectivity index (χ2v) is 7.91. The van der Waals surface area contributed by atoms with Gasteiger partial charge in [-0.1, -0.05) is 28.1 Å². The van der Waals surface area contributed by atoms with Gasteiger partial charge in [-0.3, -0.25) is 4.79 Å². The Morgan fingerprint density at radius 3 is 2.42 bits per heavy atom. The topological polar surface area (TPSA) is 50.4 Å². The molecule has 1 saturated heterocycles. The first-order chi connectivity index (χ1) is 10.9. The molecule has 1 aliphatic rings. The minimum atomic E-state index is -0.554. The number of hydrogen-bond donors (Lipinski definition) is 2. The van der Waals surface area contributed by atoms with Crippen LogP contribution in [0.15, 0.2) is 28.7 Å². The van der Waals surface area contributed by atoms with Crippen molar-refractivity contribution < 1.29 is 9.53 Å². The van der Waals surface area contributed by atoms with Gasteiger partial charge in [0.2, 0.25) is 5.91 Å². The van der Waals surface area contributed by atoms with Crippen LogP contribution in [0, 0.1) is 5.41 Å². The first-order valence-electron chi connectivity index (χ1n) is 8.14. The maximum atomic E-state index is 12.8. The van der Waals surface area contributed by atoms with E-state index in [1.54, 1.807) is 7.11 Å². The SMILES string of the molecule is COCC1(CNC(=O)C(C)(C)c2ccc(Br)cc2)CCNCC1.Cl. The largest absolute Gasteiger partial charge is 0.384 e. The number of benzene rings is 1. The third-order valence-electron chi connectivity index (χ3n) is 4.87. The van der Waals surface area contributed by atoms with Gasteiger partial charge in [0.1, 0.15) is 0 Å². The van der Waals surface area contributed by atoms with Crippen molar-refractivity contribution in [3.63, 3.8) is 0 Å². The Kier molecular flexibility index (Phi) is 8.20. The van der Waals surface area contributed by atoms with Crippen LogP contribution in [-0.2, 0) is 14.9 Å². The summed E-state index contributed by atoms with van der Waals surface area (Å²) in [6, 6.07) is 7.95. The van der Waals surface area contributed by atoms with Gasteiger partial charge in [-0.2, -0.15) is 0 Å². The summed E-state index contributed by atoms with van der Waals surface area (Å²) < 4.78 is 6.44. The number of carbonyl (C=O) groups is 1. The summed E-state index contributed by atoms with van der Waals surface area (Å²) >= 11 is 3.44. The normalized spacial score (nSPS) is 17.0. The predicted octanol–water partition coefficient (Wildman–Crippen LogP) is 3.28. The van der Waals surface area contributed by atoms with E-state index in [1.165, 1.54) is 0 Å². The fraction of sp³-hybridized carbons (Fsp3) is 0.611. The number of piperidine rings is 1. The number of hydrogen-bond acceptors (Lipinski definition) is 3. The molecule has 136 valence electrons. The zero-order valence-corrected chi connectivity index (χ0v) is 17.1. The highest BCUT2D eigenvalue weighted by molar-refractivity contribution is 9.10. The van der Waals surface area contributed by atoms with Crippen molar-refractivity contribution in [3.05, 3.63) is 34.3 Å². The fourth-order valence-electron chi connectivity index (χ4n) is 3.12. The van der Waals surface area contributed by atoms with E-state index in [4.69, 9.17) is 4.74 Å². The molecule has 1 fully saturated rings. The van der Waals surface area contributed by atoms with E-state index in [-0.39, 0.29) is 23.7 Å². The molecule has 0 spiro atoms. The molecule has 0 bridgehead atoms. The Morgan fingerprint density at radius 1 is 1.29 bits per heavy atom. The summed E-state index contributed by atoms with van der Waals surface area (Å²) in [5.41, 5.74) is 0.511. The minimum absolute atomic E-state index is 0. The molecule has 1 aliphatic heterocycles. The zero-order valence-electron chi connectivity index (χ0n) is 14.7. The van der Waals surface area contributed by atoms with Crippen LogP contribution < -0.4 is 10.6 Å². The number of amides is 1. The lowest BCUT2D eigenvalue weighted by Crippen LogP contribution is -2.50. The van der Waals surface area contributed by atoms with Crippen molar-refractivity contribution in [1.29, 1.82) is 0 Å². The fourth-order valence-corrected chi connectivity index (χ4v) is 3.39. The van der Waals surface area contributed by atoms with Gasteiger partial charge >= 0.3 is 0 Å². The van der Waals surface area contributed by atoms with Crippen molar-refractivity contribution in [2.45, 2.75) is 32.1 Å². The van der Waals surface area contributed by atoms with Crippen LogP contribution in [0.5, 0.6) is 0 Å². The Balaban J connectivity index is 0.00000288. The van der Waals surface area contributed by atoms with Crippen molar-refractivity contribution in [2.24, 2.45) is 5.41 Å². The molecule has 6 heteroatoms. The van der Waals surface area contributed by atoms with Gasteiger partial charge in [0.15, 0.2) is 0 Å². The summed E-state index contributed by atoms with van der Waals surface area (Å²) in [5, 5.41) is 6.55. The van der Waals surface area contributed by atoms with Gasteiger partial charge < -0.3 is 15.4 Å². The average Bonchev–Trinajstić information content (AvgIpc) is 2.54. The van der Waals surface area contributed by atoms with E-state index < -0.39 is 5.41 Å². The number of ether oxygens (including phenoxy) is 1. The van der Waals surface area contributed by atoms with E-state index in [0.29, 0.717) is 13.2 Å². The lowest BCUT2D eigenvalue weighted by atomic mass is 9.78. The first-order valence-corrected chi connectivity index (χ1v) is 8.93. The maximum absolute atomic E-state index is 12.8. The quantitative estimate of drug-likeness (QED) is 0.744. The van der Waals surface area contributed by atoms with Crippen molar-refractivity contribution in [2.75, 3.05) is 33.4 Å². The lowest BCUT2D eigenvalue weighted by Gasteiger charge is -2.38. The Hall–Kier alpha value is -0.620. The molecule has 24 heavy (non-hydrogen) atoms. The van der Waals surface area contributed by atoms with Crippen LogP contribution in [0.25, 0.3) is 0 Å². The molecule has 1 amide bonds. The highest BCUT2D eigenvalue weighted by atomic mass is 79.9. The van der Waals surface area contributed by atoms with Crippen LogP contribution >= 0.6 is 28.3 Å². The Labute approximate surface area is 159 Å². The molecule has 1 heterocycles. The van der Waals surface area contributed by atoms with Crippen LogP contribution in [0.3, 0.4) is 0 Å². The number of halogens is 2. The molecule has 0 aromatic heterocycles. The second kappa shape index (κ2) is 9.18. The Morgan fingerprint density at radius 2 is 1.88 bits per heavy atom. The van der Waals surface area contributed by atoms with Crippen molar-refractivity contribution in [1.82, 2.24) is 10.6 Å². The number of nitrogens with one attached hydrogen (secondary N) is 2. The summed E-state index contributed by atoms with van der Waals surface area (Å²) in [6.07, 6.45) is 2.06. The second-order valence-electron chi connectivity index (χ2n) is 7.00. The van der Waals surface area contributed by atoms with E-state index in [1.807, 2.05) is 38.1 Å². The predicted molar refractivity (Wildman–Crippen MR) is 104 cm³/mol. The summed E-state index contributed by atoms with van der Waals surface area (Å²) in [5.74, 6) is 0.0637. The van der Waals surface area contributed by atoms with Crippen LogP contribution in [0.1, 0.15) is 32.3 Å². The van der Waals surface area contributed by atoms with E-state index >= 15 is 0 Å². The number of methoxy groups -OCH3 is 1. The van der Waals surface area contributed by atoms with Gasteiger partial charge in [0, 0.05) is 23.5 Å². The number of rotatable bonds is 6. The smallest absolute Gasteiger partial charge is 0.230 e. The zero-order chi connectivity index (χ0) is 16.9. The third-order valence-corrected chi connectivity index (χ3v) is 5.40. The average molecular weight is 420 g/mol. The first kappa shape index (κ1) is 21.4. The molecule has 1 aromatic rings. The van der Waals surface area contributed by atoms with Crippen LogP contribution in [0.4, 0.5) is 0 Å². The molecule has 0 unspecified atom stereocenters. The lowest BCUT2D eigenvalue weighted by molar-refractivity contribution is -0.126. The molecule has 0 radical (unpaired) electrons. The van der Waals surface area contributed by atoms with Gasteiger partial charge in [-0.15, -0.1) is 12.4 Å². The molecule has 0 saturated carbocycles. The molecule has 0 aliphatic carbocycles. The highest BCUT2D eigenvalue weighted by Gasteiger charge is 2.35. The van der Waals surface area contributed by atoms with Crippen molar-refractivity contribution in [3.8, 4) is 0 Å². The standard InChI is InChI=1S/C18H27BrN2O2.ClH/c1-17(2,14-4-6-15(19)7-5-14)16(22)21-12-18(13-23-3)8-10-20-11-9-18;/h4-7,20H,8-13H2,1-3H3,(H,21,22);1H. The monoisotopic (exact) mass is 418 g/mol. The maximum Gasteiger partial charge on any atom is 0.230 e.